The second-order valence-corrected chi connectivity index (χ2v) is 6.43. The van der Waals surface area contributed by atoms with Crippen molar-refractivity contribution in [3.63, 3.8) is 0 Å². The second-order valence-electron chi connectivity index (χ2n) is 4.49. The van der Waals surface area contributed by atoms with Crippen molar-refractivity contribution in [2.45, 2.75) is 11.5 Å². The van der Waals surface area contributed by atoms with Crippen LogP contribution in [0.2, 0.25) is 0 Å². The van der Waals surface area contributed by atoms with Crippen molar-refractivity contribution in [3.8, 4) is 11.5 Å². The van der Waals surface area contributed by atoms with Crippen molar-refractivity contribution >= 4 is 10.0 Å². The molecule has 1 saturated heterocycles. The van der Waals surface area contributed by atoms with E-state index in [0.717, 1.165) is 0 Å². The first-order valence-corrected chi connectivity index (χ1v) is 7.92. The molecule has 0 saturated carbocycles. The summed E-state index contributed by atoms with van der Waals surface area (Å²) in [7, 11) is -0.787. The molecule has 0 spiro atoms. The van der Waals surface area contributed by atoms with Crippen LogP contribution in [-0.2, 0) is 21.4 Å². The molecule has 118 valence electrons. The number of nitrogens with zero attached hydrogens (tertiary/aromatic N) is 1. The van der Waals surface area contributed by atoms with Gasteiger partial charge in [0.15, 0.2) is 11.5 Å². The number of aliphatic hydroxyl groups is 1. The van der Waals surface area contributed by atoms with E-state index in [0.29, 0.717) is 37.6 Å². The average molecular weight is 317 g/mol. The number of hydrogen-bond donors (Lipinski definition) is 1. The number of rotatable bonds is 5. The highest BCUT2D eigenvalue weighted by atomic mass is 32.2. The van der Waals surface area contributed by atoms with Gasteiger partial charge in [-0.2, -0.15) is 4.31 Å². The Labute approximate surface area is 124 Å². The fraction of sp³-hybridized carbons (Fsp3) is 0.538. The first kappa shape index (κ1) is 16.0. The molecule has 1 aromatic carbocycles. The number of morpholine rings is 1. The molecule has 0 atom stereocenters. The van der Waals surface area contributed by atoms with Gasteiger partial charge in [-0.05, 0) is 6.07 Å². The summed E-state index contributed by atoms with van der Waals surface area (Å²) in [6, 6.07) is 2.81. The molecule has 0 radical (unpaired) electrons. The smallest absolute Gasteiger partial charge is 0.243 e. The normalized spacial score (nSPS) is 16.7. The second kappa shape index (κ2) is 6.61. The minimum absolute atomic E-state index is 0.0751. The first-order chi connectivity index (χ1) is 10.0. The average Bonchev–Trinajstić information content (AvgIpc) is 2.54. The Balaban J connectivity index is 2.47. The van der Waals surface area contributed by atoms with Gasteiger partial charge in [0.25, 0.3) is 0 Å². The summed E-state index contributed by atoms with van der Waals surface area (Å²) in [6.07, 6.45) is 0. The van der Waals surface area contributed by atoms with Gasteiger partial charge in [0.2, 0.25) is 10.0 Å². The number of hydrogen-bond acceptors (Lipinski definition) is 6. The molecule has 0 unspecified atom stereocenters. The predicted molar refractivity (Wildman–Crippen MR) is 75.0 cm³/mol. The van der Waals surface area contributed by atoms with Crippen LogP contribution in [0.15, 0.2) is 17.0 Å². The topological polar surface area (TPSA) is 85.3 Å². The van der Waals surface area contributed by atoms with Gasteiger partial charge in [0.05, 0.1) is 38.9 Å². The van der Waals surface area contributed by atoms with E-state index in [1.165, 1.54) is 30.7 Å². The van der Waals surface area contributed by atoms with Crippen LogP contribution in [0.3, 0.4) is 0 Å². The molecule has 1 N–H and O–H groups in total. The Morgan fingerprint density at radius 1 is 1.24 bits per heavy atom. The van der Waals surface area contributed by atoms with Gasteiger partial charge in [-0.3, -0.25) is 0 Å². The van der Waals surface area contributed by atoms with Crippen LogP contribution < -0.4 is 9.47 Å². The monoisotopic (exact) mass is 317 g/mol. The van der Waals surface area contributed by atoms with Crippen molar-refractivity contribution < 1.29 is 27.7 Å². The summed E-state index contributed by atoms with van der Waals surface area (Å²) in [5, 5.41) is 9.41. The fourth-order valence-electron chi connectivity index (χ4n) is 2.22. The van der Waals surface area contributed by atoms with Crippen LogP contribution in [-0.4, -0.2) is 58.4 Å². The standard InChI is InChI=1S/C13H19NO6S/c1-18-12-8-11(7-10(9-15)13(12)19-2)21(16,17)14-3-5-20-6-4-14/h7-8,15H,3-6,9H2,1-2H3. The molecule has 1 aromatic rings. The molecule has 1 aliphatic rings. The van der Waals surface area contributed by atoms with E-state index in [2.05, 4.69) is 0 Å². The maximum atomic E-state index is 12.6. The Kier molecular flexibility index (Phi) is 5.04. The number of methoxy groups -OCH3 is 2. The number of ether oxygens (including phenoxy) is 3. The molecule has 0 aliphatic carbocycles. The van der Waals surface area contributed by atoms with Gasteiger partial charge >= 0.3 is 0 Å². The lowest BCUT2D eigenvalue weighted by atomic mass is 10.2. The number of sulfonamides is 1. The lowest BCUT2D eigenvalue weighted by molar-refractivity contribution is 0.0730. The van der Waals surface area contributed by atoms with Crippen LogP contribution in [0.1, 0.15) is 5.56 Å². The van der Waals surface area contributed by atoms with Crippen molar-refractivity contribution in [2.75, 3.05) is 40.5 Å². The maximum absolute atomic E-state index is 12.6. The highest BCUT2D eigenvalue weighted by molar-refractivity contribution is 7.89. The molecule has 21 heavy (non-hydrogen) atoms. The minimum atomic E-state index is -3.65. The van der Waals surface area contributed by atoms with Gasteiger partial charge in [-0.15, -0.1) is 0 Å². The quantitative estimate of drug-likeness (QED) is 0.836. The summed E-state index contributed by atoms with van der Waals surface area (Å²) in [6.45, 7) is 1.03. The molecular weight excluding hydrogens is 298 g/mol. The van der Waals surface area contributed by atoms with Crippen molar-refractivity contribution in [1.82, 2.24) is 4.31 Å². The van der Waals surface area contributed by atoms with E-state index < -0.39 is 10.0 Å². The van der Waals surface area contributed by atoms with E-state index in [4.69, 9.17) is 14.2 Å². The van der Waals surface area contributed by atoms with E-state index >= 15 is 0 Å². The zero-order valence-electron chi connectivity index (χ0n) is 12.0. The molecule has 0 bridgehead atoms. The molecular formula is C13H19NO6S. The zero-order valence-corrected chi connectivity index (χ0v) is 12.9. The highest BCUT2D eigenvalue weighted by Gasteiger charge is 2.28. The Morgan fingerprint density at radius 3 is 2.43 bits per heavy atom. The van der Waals surface area contributed by atoms with Gasteiger partial charge in [0, 0.05) is 24.7 Å². The lowest BCUT2D eigenvalue weighted by Gasteiger charge is -2.26. The largest absolute Gasteiger partial charge is 0.493 e. The first-order valence-electron chi connectivity index (χ1n) is 6.48. The zero-order chi connectivity index (χ0) is 15.5. The molecule has 1 heterocycles. The Hall–Kier alpha value is -1.35. The highest BCUT2D eigenvalue weighted by Crippen LogP contribution is 2.35. The van der Waals surface area contributed by atoms with Crippen LogP contribution in [0.5, 0.6) is 11.5 Å². The van der Waals surface area contributed by atoms with Crippen molar-refractivity contribution in [2.24, 2.45) is 0 Å². The molecule has 1 aliphatic heterocycles. The van der Waals surface area contributed by atoms with Gasteiger partial charge < -0.3 is 19.3 Å². The van der Waals surface area contributed by atoms with Crippen molar-refractivity contribution in [1.29, 1.82) is 0 Å². The molecule has 0 amide bonds. The summed E-state index contributed by atoms with van der Waals surface area (Å²) in [5.41, 5.74) is 0.365. The van der Waals surface area contributed by atoms with Crippen LogP contribution in [0.25, 0.3) is 0 Å². The fourth-order valence-corrected chi connectivity index (χ4v) is 3.69. The molecule has 7 nitrogen and oxygen atoms in total. The van der Waals surface area contributed by atoms with Gasteiger partial charge in [-0.1, -0.05) is 0 Å². The summed E-state index contributed by atoms with van der Waals surface area (Å²) in [5.74, 6) is 0.608. The van der Waals surface area contributed by atoms with Crippen LogP contribution in [0.4, 0.5) is 0 Å². The van der Waals surface area contributed by atoms with Gasteiger partial charge in [0.1, 0.15) is 0 Å². The number of benzene rings is 1. The van der Waals surface area contributed by atoms with E-state index in [9.17, 15) is 13.5 Å². The van der Waals surface area contributed by atoms with Gasteiger partial charge in [-0.25, -0.2) is 8.42 Å². The summed E-state index contributed by atoms with van der Waals surface area (Å²) in [4.78, 5) is 0.0751. The Morgan fingerprint density at radius 2 is 1.90 bits per heavy atom. The predicted octanol–water partition coefficient (Wildman–Crippen LogP) is 0.217. The van der Waals surface area contributed by atoms with Crippen LogP contribution >= 0.6 is 0 Å². The molecule has 8 heteroatoms. The van der Waals surface area contributed by atoms with Crippen molar-refractivity contribution in [3.05, 3.63) is 17.7 Å². The van der Waals surface area contributed by atoms with E-state index in [-0.39, 0.29) is 17.3 Å². The van der Waals surface area contributed by atoms with Crippen LogP contribution in [0, 0.1) is 0 Å². The van der Waals surface area contributed by atoms with E-state index in [1.54, 1.807) is 0 Å². The third kappa shape index (κ3) is 3.13. The number of aliphatic hydroxyl groups excluding tert-OH is 1. The Bertz CT molecular complexity index is 570. The molecule has 1 fully saturated rings. The minimum Gasteiger partial charge on any atom is -0.493 e. The van der Waals surface area contributed by atoms with E-state index in [1.807, 2.05) is 0 Å². The third-order valence-electron chi connectivity index (χ3n) is 3.31. The molecule has 0 aromatic heterocycles. The molecule has 2 rings (SSSR count). The summed E-state index contributed by atoms with van der Waals surface area (Å²) < 4.78 is 42.1. The lowest BCUT2D eigenvalue weighted by Crippen LogP contribution is -2.40. The SMILES string of the molecule is COc1cc(S(=O)(=O)N2CCOCC2)cc(CO)c1OC. The third-order valence-corrected chi connectivity index (χ3v) is 5.18. The maximum Gasteiger partial charge on any atom is 0.243 e. The summed E-state index contributed by atoms with van der Waals surface area (Å²) >= 11 is 0.